The SMILES string of the molecule is O=C(O)CC(NC(=O)COCc1ccccc1)C1CC1. The quantitative estimate of drug-likeness (QED) is 0.756. The lowest BCUT2D eigenvalue weighted by Crippen LogP contribution is -2.40. The van der Waals surface area contributed by atoms with Crippen molar-refractivity contribution >= 4 is 11.9 Å². The van der Waals surface area contributed by atoms with Crippen molar-refractivity contribution in [2.75, 3.05) is 6.61 Å². The summed E-state index contributed by atoms with van der Waals surface area (Å²) in [5, 5.41) is 11.6. The van der Waals surface area contributed by atoms with Gasteiger partial charge in [-0.3, -0.25) is 9.59 Å². The van der Waals surface area contributed by atoms with Crippen molar-refractivity contribution in [1.29, 1.82) is 0 Å². The van der Waals surface area contributed by atoms with Gasteiger partial charge in [-0.2, -0.15) is 0 Å². The van der Waals surface area contributed by atoms with Crippen molar-refractivity contribution in [3.05, 3.63) is 35.9 Å². The van der Waals surface area contributed by atoms with Gasteiger partial charge in [-0.1, -0.05) is 30.3 Å². The third-order valence-corrected chi connectivity index (χ3v) is 3.28. The van der Waals surface area contributed by atoms with Crippen LogP contribution in [0.2, 0.25) is 0 Å². The van der Waals surface area contributed by atoms with E-state index in [0.29, 0.717) is 12.5 Å². The zero-order valence-corrected chi connectivity index (χ0v) is 11.2. The Morgan fingerprint density at radius 3 is 2.60 bits per heavy atom. The predicted octanol–water partition coefficient (Wildman–Crippen LogP) is 1.57. The minimum absolute atomic E-state index is 0.0188. The molecule has 1 amide bonds. The molecule has 0 aliphatic heterocycles. The molecule has 1 aromatic rings. The van der Waals surface area contributed by atoms with E-state index >= 15 is 0 Å². The predicted molar refractivity (Wildman–Crippen MR) is 73.0 cm³/mol. The first-order valence-corrected chi connectivity index (χ1v) is 6.78. The highest BCUT2D eigenvalue weighted by molar-refractivity contribution is 5.78. The number of carboxylic acids is 1. The lowest BCUT2D eigenvalue weighted by atomic mass is 10.1. The third-order valence-electron chi connectivity index (χ3n) is 3.28. The molecule has 2 rings (SSSR count). The number of benzene rings is 1. The second-order valence-corrected chi connectivity index (χ2v) is 5.09. The molecule has 1 aliphatic carbocycles. The van der Waals surface area contributed by atoms with Gasteiger partial charge in [-0.15, -0.1) is 0 Å². The zero-order chi connectivity index (χ0) is 14.4. The molecule has 1 atom stereocenters. The summed E-state index contributed by atoms with van der Waals surface area (Å²) in [5.74, 6) is -0.823. The van der Waals surface area contributed by atoms with E-state index < -0.39 is 5.97 Å². The van der Waals surface area contributed by atoms with Crippen molar-refractivity contribution in [2.24, 2.45) is 5.92 Å². The van der Waals surface area contributed by atoms with Gasteiger partial charge in [0.05, 0.1) is 13.0 Å². The second-order valence-electron chi connectivity index (χ2n) is 5.09. The maximum atomic E-state index is 11.7. The molecule has 0 spiro atoms. The van der Waals surface area contributed by atoms with Gasteiger partial charge in [0.25, 0.3) is 0 Å². The molecule has 1 fully saturated rings. The van der Waals surface area contributed by atoms with Crippen LogP contribution in [0, 0.1) is 5.92 Å². The van der Waals surface area contributed by atoms with Gasteiger partial charge in [-0.25, -0.2) is 0 Å². The molecule has 0 aromatic heterocycles. The average molecular weight is 277 g/mol. The Labute approximate surface area is 117 Å². The first-order chi connectivity index (χ1) is 9.65. The first-order valence-electron chi connectivity index (χ1n) is 6.78. The topological polar surface area (TPSA) is 75.6 Å². The van der Waals surface area contributed by atoms with E-state index in [1.807, 2.05) is 30.3 Å². The van der Waals surface area contributed by atoms with Crippen molar-refractivity contribution in [2.45, 2.75) is 31.9 Å². The van der Waals surface area contributed by atoms with Gasteiger partial charge in [0.1, 0.15) is 6.61 Å². The van der Waals surface area contributed by atoms with Gasteiger partial charge in [0.2, 0.25) is 5.91 Å². The van der Waals surface area contributed by atoms with Crippen LogP contribution in [0.3, 0.4) is 0 Å². The Morgan fingerprint density at radius 2 is 2.00 bits per heavy atom. The second kappa shape index (κ2) is 7.05. The van der Waals surface area contributed by atoms with Crippen LogP contribution in [0.5, 0.6) is 0 Å². The number of amides is 1. The fourth-order valence-electron chi connectivity index (χ4n) is 2.11. The molecular weight excluding hydrogens is 258 g/mol. The number of nitrogens with one attached hydrogen (secondary N) is 1. The molecule has 108 valence electrons. The molecule has 1 saturated carbocycles. The molecule has 2 N–H and O–H groups in total. The molecule has 5 heteroatoms. The van der Waals surface area contributed by atoms with E-state index in [9.17, 15) is 9.59 Å². The molecule has 0 radical (unpaired) electrons. The van der Waals surface area contributed by atoms with Crippen LogP contribution < -0.4 is 5.32 Å². The minimum atomic E-state index is -0.882. The summed E-state index contributed by atoms with van der Waals surface area (Å²) in [5.41, 5.74) is 1.00. The average Bonchev–Trinajstić information content (AvgIpc) is 3.23. The molecule has 0 heterocycles. The van der Waals surface area contributed by atoms with Crippen LogP contribution in [-0.2, 0) is 20.9 Å². The van der Waals surface area contributed by atoms with E-state index in [0.717, 1.165) is 18.4 Å². The van der Waals surface area contributed by atoms with Crippen molar-refractivity contribution in [3.63, 3.8) is 0 Å². The van der Waals surface area contributed by atoms with E-state index in [1.54, 1.807) is 0 Å². The van der Waals surface area contributed by atoms with Gasteiger partial charge in [-0.05, 0) is 24.3 Å². The van der Waals surface area contributed by atoms with Crippen LogP contribution in [-0.4, -0.2) is 29.6 Å². The molecular formula is C15H19NO4. The molecule has 0 saturated heterocycles. The molecule has 20 heavy (non-hydrogen) atoms. The van der Waals surface area contributed by atoms with Gasteiger partial charge >= 0.3 is 5.97 Å². The van der Waals surface area contributed by atoms with E-state index in [4.69, 9.17) is 9.84 Å². The number of aliphatic carboxylic acids is 1. The standard InChI is InChI=1S/C15H19NO4/c17-14(10-20-9-11-4-2-1-3-5-11)16-13(8-15(18)19)12-6-7-12/h1-5,12-13H,6-10H2,(H,16,17)(H,18,19). The highest BCUT2D eigenvalue weighted by atomic mass is 16.5. The maximum absolute atomic E-state index is 11.7. The van der Waals surface area contributed by atoms with Crippen molar-refractivity contribution in [1.82, 2.24) is 5.32 Å². The molecule has 1 aliphatic rings. The van der Waals surface area contributed by atoms with E-state index in [2.05, 4.69) is 5.32 Å². The normalized spacial score (nSPS) is 15.6. The Hall–Kier alpha value is -1.88. The van der Waals surface area contributed by atoms with Crippen LogP contribution >= 0.6 is 0 Å². The minimum Gasteiger partial charge on any atom is -0.481 e. The number of hydrogen-bond acceptors (Lipinski definition) is 3. The number of ether oxygens (including phenoxy) is 1. The van der Waals surface area contributed by atoms with E-state index in [-0.39, 0.29) is 25.0 Å². The molecule has 0 bridgehead atoms. The fraction of sp³-hybridized carbons (Fsp3) is 0.467. The van der Waals surface area contributed by atoms with Gasteiger partial charge < -0.3 is 15.2 Å². The Morgan fingerprint density at radius 1 is 1.30 bits per heavy atom. The highest BCUT2D eigenvalue weighted by Crippen LogP contribution is 2.33. The summed E-state index contributed by atoms with van der Waals surface area (Å²) in [7, 11) is 0. The number of rotatable bonds is 8. The lowest BCUT2D eigenvalue weighted by Gasteiger charge is -2.16. The first kappa shape index (κ1) is 14.5. The fourth-order valence-corrected chi connectivity index (χ4v) is 2.11. The largest absolute Gasteiger partial charge is 0.481 e. The van der Waals surface area contributed by atoms with Crippen molar-refractivity contribution in [3.8, 4) is 0 Å². The molecule has 1 unspecified atom stereocenters. The maximum Gasteiger partial charge on any atom is 0.305 e. The smallest absolute Gasteiger partial charge is 0.305 e. The zero-order valence-electron chi connectivity index (χ0n) is 11.2. The van der Waals surface area contributed by atoms with Crippen molar-refractivity contribution < 1.29 is 19.4 Å². The van der Waals surface area contributed by atoms with Crippen LogP contribution in [0.15, 0.2) is 30.3 Å². The number of hydrogen-bond donors (Lipinski definition) is 2. The Kier molecular flexibility index (Phi) is 5.12. The summed E-state index contributed by atoms with van der Waals surface area (Å²) in [6.45, 7) is 0.332. The summed E-state index contributed by atoms with van der Waals surface area (Å²) in [4.78, 5) is 22.5. The van der Waals surface area contributed by atoms with Gasteiger partial charge in [0, 0.05) is 6.04 Å². The van der Waals surface area contributed by atoms with Crippen LogP contribution in [0.1, 0.15) is 24.8 Å². The summed E-state index contributed by atoms with van der Waals surface area (Å²) < 4.78 is 5.33. The number of carbonyl (C=O) groups is 2. The third kappa shape index (κ3) is 5.01. The Bertz CT molecular complexity index is 456. The summed E-state index contributed by atoms with van der Waals surface area (Å²) in [6, 6.07) is 9.33. The van der Waals surface area contributed by atoms with Crippen LogP contribution in [0.4, 0.5) is 0 Å². The number of carboxylic acid groups (broad SMARTS) is 1. The molecule has 5 nitrogen and oxygen atoms in total. The summed E-state index contributed by atoms with van der Waals surface area (Å²) in [6.07, 6.45) is 1.96. The monoisotopic (exact) mass is 277 g/mol. The summed E-state index contributed by atoms with van der Waals surface area (Å²) >= 11 is 0. The van der Waals surface area contributed by atoms with Crippen LogP contribution in [0.25, 0.3) is 0 Å². The van der Waals surface area contributed by atoms with E-state index in [1.165, 1.54) is 0 Å². The highest BCUT2D eigenvalue weighted by Gasteiger charge is 2.33. The Balaban J connectivity index is 1.70. The molecule has 1 aromatic carbocycles. The lowest BCUT2D eigenvalue weighted by molar-refractivity contribution is -0.138. The van der Waals surface area contributed by atoms with Gasteiger partial charge in [0.15, 0.2) is 0 Å². The number of carbonyl (C=O) groups excluding carboxylic acids is 1.